The van der Waals surface area contributed by atoms with Crippen molar-refractivity contribution in [2.45, 2.75) is 0 Å². The first kappa shape index (κ1) is 21.2. The third-order valence-corrected chi connectivity index (χ3v) is 5.76. The number of carbonyl (C=O) groups is 2. The minimum absolute atomic E-state index is 0.0675. The van der Waals surface area contributed by atoms with Gasteiger partial charge in [-0.05, 0) is 48.0 Å². The van der Waals surface area contributed by atoms with Gasteiger partial charge in [0.15, 0.2) is 5.78 Å². The summed E-state index contributed by atoms with van der Waals surface area (Å²) in [6.07, 6.45) is 3.18. The summed E-state index contributed by atoms with van der Waals surface area (Å²) in [6, 6.07) is 32.9. The van der Waals surface area contributed by atoms with Crippen LogP contribution in [0.2, 0.25) is 0 Å². The van der Waals surface area contributed by atoms with Crippen LogP contribution in [0.25, 0.3) is 28.2 Å². The molecule has 1 heterocycles. The van der Waals surface area contributed by atoms with E-state index in [0.29, 0.717) is 11.3 Å². The number of rotatable bonds is 5. The maximum atomic E-state index is 13.7. The van der Waals surface area contributed by atoms with Gasteiger partial charge in [0.1, 0.15) is 5.75 Å². The summed E-state index contributed by atoms with van der Waals surface area (Å²) in [5.74, 6) is -0.534. The van der Waals surface area contributed by atoms with Crippen molar-refractivity contribution in [1.29, 1.82) is 0 Å². The monoisotopic (exact) mass is 443 g/mol. The number of benzene rings is 4. The number of phenolic OH excluding ortho intramolecular Hbond substituents is 1. The Balaban J connectivity index is 1.74. The number of carbonyl (C=O) groups excluding carboxylic acids is 2. The molecule has 0 amide bonds. The van der Waals surface area contributed by atoms with Crippen molar-refractivity contribution >= 4 is 28.7 Å². The summed E-state index contributed by atoms with van der Waals surface area (Å²) >= 11 is 0. The number of ketones is 1. The number of allylic oxidation sites excluding steroid dienone is 1. The largest absolute Gasteiger partial charge is 0.507 e. The lowest BCUT2D eigenvalue weighted by Gasteiger charge is -2.11. The Morgan fingerprint density at radius 1 is 0.706 bits per heavy atom. The van der Waals surface area contributed by atoms with Gasteiger partial charge in [-0.2, -0.15) is 0 Å². The Bertz CT molecular complexity index is 1530. The van der Waals surface area contributed by atoms with E-state index >= 15 is 0 Å². The highest BCUT2D eigenvalue weighted by molar-refractivity contribution is 6.13. The summed E-state index contributed by atoms with van der Waals surface area (Å²) in [4.78, 5) is 26.6. The van der Waals surface area contributed by atoms with Gasteiger partial charge in [0, 0.05) is 16.5 Å². The molecular formula is C30H21NO3. The molecular weight excluding hydrogens is 422 g/mol. The molecule has 5 rings (SSSR count). The second-order valence-corrected chi connectivity index (χ2v) is 7.87. The molecule has 0 aliphatic heterocycles. The van der Waals surface area contributed by atoms with Crippen LogP contribution in [0.3, 0.4) is 0 Å². The molecule has 0 aliphatic carbocycles. The molecule has 164 valence electrons. The summed E-state index contributed by atoms with van der Waals surface area (Å²) in [5, 5.41) is 10.9. The smallest absolute Gasteiger partial charge is 0.262 e. The zero-order valence-corrected chi connectivity index (χ0v) is 18.3. The standard InChI is InChI=1S/C30H21NO3/c32-27-18-10-8-16-25(27)28(33)20-19-24-23-15-7-9-17-26(23)31(29(24)21-11-3-1-4-12-21)30(34)22-13-5-2-6-14-22/h1-20,32H/b20-19+. The molecule has 4 aromatic carbocycles. The Morgan fingerprint density at radius 3 is 2.06 bits per heavy atom. The minimum Gasteiger partial charge on any atom is -0.507 e. The second-order valence-electron chi connectivity index (χ2n) is 7.87. The summed E-state index contributed by atoms with van der Waals surface area (Å²) in [7, 11) is 0. The van der Waals surface area contributed by atoms with Gasteiger partial charge < -0.3 is 5.11 Å². The lowest BCUT2D eigenvalue weighted by molar-refractivity contribution is 0.0966. The molecule has 0 bridgehead atoms. The summed E-state index contributed by atoms with van der Waals surface area (Å²) < 4.78 is 1.71. The first-order chi connectivity index (χ1) is 16.6. The molecule has 0 fully saturated rings. The van der Waals surface area contributed by atoms with Crippen LogP contribution < -0.4 is 0 Å². The fourth-order valence-electron chi connectivity index (χ4n) is 4.17. The van der Waals surface area contributed by atoms with Crippen LogP contribution >= 0.6 is 0 Å². The lowest BCUT2D eigenvalue weighted by atomic mass is 10.0. The van der Waals surface area contributed by atoms with Crippen molar-refractivity contribution in [1.82, 2.24) is 4.57 Å². The number of para-hydroxylation sites is 2. The van der Waals surface area contributed by atoms with Crippen LogP contribution in [0, 0.1) is 0 Å². The molecule has 0 saturated carbocycles. The van der Waals surface area contributed by atoms with E-state index in [0.717, 1.165) is 22.0 Å². The fraction of sp³-hybridized carbons (Fsp3) is 0. The summed E-state index contributed by atoms with van der Waals surface area (Å²) in [6.45, 7) is 0. The van der Waals surface area contributed by atoms with Gasteiger partial charge in [0.2, 0.25) is 0 Å². The van der Waals surface area contributed by atoms with Gasteiger partial charge in [-0.25, -0.2) is 0 Å². The quantitative estimate of drug-likeness (QED) is 0.246. The molecule has 4 nitrogen and oxygen atoms in total. The van der Waals surface area contributed by atoms with E-state index in [-0.39, 0.29) is 23.0 Å². The van der Waals surface area contributed by atoms with E-state index in [1.165, 1.54) is 12.1 Å². The fourth-order valence-corrected chi connectivity index (χ4v) is 4.17. The first-order valence-electron chi connectivity index (χ1n) is 10.9. The highest BCUT2D eigenvalue weighted by Crippen LogP contribution is 2.35. The van der Waals surface area contributed by atoms with Crippen molar-refractivity contribution < 1.29 is 14.7 Å². The predicted octanol–water partition coefficient (Wildman–Crippen LogP) is 6.60. The van der Waals surface area contributed by atoms with Crippen LogP contribution in [0.1, 0.15) is 26.3 Å². The minimum atomic E-state index is -0.316. The maximum absolute atomic E-state index is 13.7. The van der Waals surface area contributed by atoms with E-state index in [1.807, 2.05) is 72.8 Å². The van der Waals surface area contributed by atoms with Gasteiger partial charge in [0.25, 0.3) is 5.91 Å². The SMILES string of the molecule is O=C(/C=C/c1c(-c2ccccc2)n(C(=O)c2ccccc2)c2ccccc12)c1ccccc1O. The maximum Gasteiger partial charge on any atom is 0.262 e. The number of nitrogens with zero attached hydrogens (tertiary/aromatic N) is 1. The molecule has 0 atom stereocenters. The molecule has 5 aromatic rings. The van der Waals surface area contributed by atoms with Gasteiger partial charge in [-0.1, -0.05) is 78.9 Å². The van der Waals surface area contributed by atoms with E-state index < -0.39 is 0 Å². The van der Waals surface area contributed by atoms with Crippen LogP contribution in [0.15, 0.2) is 115 Å². The zero-order valence-electron chi connectivity index (χ0n) is 18.3. The van der Waals surface area contributed by atoms with Crippen molar-refractivity contribution in [3.63, 3.8) is 0 Å². The van der Waals surface area contributed by atoms with Crippen molar-refractivity contribution in [2.24, 2.45) is 0 Å². The Morgan fingerprint density at radius 2 is 1.32 bits per heavy atom. The van der Waals surface area contributed by atoms with Crippen molar-refractivity contribution in [2.75, 3.05) is 0 Å². The Labute approximate surface area is 197 Å². The number of hydrogen-bond acceptors (Lipinski definition) is 3. The highest BCUT2D eigenvalue weighted by Gasteiger charge is 2.22. The van der Waals surface area contributed by atoms with Gasteiger partial charge >= 0.3 is 0 Å². The van der Waals surface area contributed by atoms with Gasteiger partial charge in [0.05, 0.1) is 16.8 Å². The average molecular weight is 444 g/mol. The highest BCUT2D eigenvalue weighted by atomic mass is 16.3. The summed E-state index contributed by atoms with van der Waals surface area (Å²) in [5.41, 5.74) is 3.87. The zero-order chi connectivity index (χ0) is 23.5. The van der Waals surface area contributed by atoms with Gasteiger partial charge in [-0.15, -0.1) is 0 Å². The number of fused-ring (bicyclic) bond motifs is 1. The molecule has 1 aromatic heterocycles. The topological polar surface area (TPSA) is 59.3 Å². The van der Waals surface area contributed by atoms with E-state index in [1.54, 1.807) is 41.0 Å². The van der Waals surface area contributed by atoms with Gasteiger partial charge in [-0.3, -0.25) is 14.2 Å². The van der Waals surface area contributed by atoms with E-state index in [4.69, 9.17) is 0 Å². The van der Waals surface area contributed by atoms with Crippen molar-refractivity contribution in [3.05, 3.63) is 132 Å². The number of aromatic nitrogens is 1. The lowest BCUT2D eigenvalue weighted by Crippen LogP contribution is -2.13. The molecule has 34 heavy (non-hydrogen) atoms. The molecule has 0 radical (unpaired) electrons. The van der Waals surface area contributed by atoms with E-state index in [2.05, 4.69) is 0 Å². The third-order valence-electron chi connectivity index (χ3n) is 5.76. The number of hydrogen-bond donors (Lipinski definition) is 1. The number of aromatic hydroxyl groups is 1. The Kier molecular flexibility index (Phi) is 5.63. The average Bonchev–Trinajstić information content (AvgIpc) is 3.22. The molecule has 1 N–H and O–H groups in total. The normalized spacial score (nSPS) is 11.2. The van der Waals surface area contributed by atoms with E-state index in [9.17, 15) is 14.7 Å². The molecule has 0 aliphatic rings. The molecule has 4 heteroatoms. The molecule has 0 unspecified atom stereocenters. The Hall–Kier alpha value is -4.70. The predicted molar refractivity (Wildman–Crippen MR) is 135 cm³/mol. The first-order valence-corrected chi connectivity index (χ1v) is 10.9. The van der Waals surface area contributed by atoms with Crippen LogP contribution in [-0.2, 0) is 0 Å². The van der Waals surface area contributed by atoms with Crippen LogP contribution in [0.4, 0.5) is 0 Å². The van der Waals surface area contributed by atoms with Crippen LogP contribution in [-0.4, -0.2) is 21.4 Å². The number of phenols is 1. The molecule has 0 spiro atoms. The molecule has 0 saturated heterocycles. The van der Waals surface area contributed by atoms with Crippen LogP contribution in [0.5, 0.6) is 5.75 Å². The van der Waals surface area contributed by atoms with Crippen molar-refractivity contribution in [3.8, 4) is 17.0 Å². The third kappa shape index (κ3) is 3.82. The second kappa shape index (κ2) is 9.04.